The summed E-state index contributed by atoms with van der Waals surface area (Å²) in [4.78, 5) is 2.38. The van der Waals surface area contributed by atoms with Gasteiger partial charge in [-0.15, -0.1) is 11.3 Å². The first kappa shape index (κ1) is 30.0. The van der Waals surface area contributed by atoms with Crippen LogP contribution < -0.4 is 4.90 Å². The van der Waals surface area contributed by atoms with Gasteiger partial charge in [0, 0.05) is 48.0 Å². The number of furan rings is 1. The van der Waals surface area contributed by atoms with Gasteiger partial charge in [0.15, 0.2) is 0 Å². The number of hydrogen-bond acceptors (Lipinski definition) is 3. The van der Waals surface area contributed by atoms with E-state index in [0.29, 0.717) is 0 Å². The quantitative estimate of drug-likeness (QED) is 0.178. The van der Waals surface area contributed by atoms with E-state index in [-0.39, 0.29) is 0 Å². The summed E-state index contributed by atoms with van der Waals surface area (Å²) < 4.78 is 8.78. The summed E-state index contributed by atoms with van der Waals surface area (Å²) in [6.07, 6.45) is 0. The molecule has 0 fully saturated rings. The number of fused-ring (bicyclic) bond motifs is 9. The Morgan fingerprint density at radius 3 is 1.87 bits per heavy atom. The first-order valence-electron chi connectivity index (χ1n) is 18.0. The second kappa shape index (κ2) is 11.9. The van der Waals surface area contributed by atoms with Crippen LogP contribution in [0, 0.1) is 0 Å². The highest BCUT2D eigenvalue weighted by molar-refractivity contribution is 7.25. The van der Waals surface area contributed by atoms with Gasteiger partial charge in [-0.25, -0.2) is 0 Å². The molecule has 0 unspecified atom stereocenters. The van der Waals surface area contributed by atoms with E-state index in [0.717, 1.165) is 33.6 Å². The fourth-order valence-electron chi connectivity index (χ4n) is 8.10. The van der Waals surface area contributed by atoms with Crippen molar-refractivity contribution in [3.05, 3.63) is 188 Å². The standard InChI is InChI=1S/C50H31NOS/c1-2-10-40-33(8-1)9-7-13-41(40)34-18-24-38(25-19-34)51(39-26-29-49-45(31-39)43-11-4-6-15-48(43)53-49)37-22-16-32(17-23-37)35-20-27-42-36(30-35)21-28-47-50(42)44-12-3-5-14-46(44)52-47/h1-31H. The topological polar surface area (TPSA) is 16.4 Å². The minimum atomic E-state index is 0.925. The number of benzene rings is 9. The third kappa shape index (κ3) is 4.93. The van der Waals surface area contributed by atoms with E-state index >= 15 is 0 Å². The molecule has 2 heterocycles. The van der Waals surface area contributed by atoms with Crippen molar-refractivity contribution in [3.8, 4) is 22.3 Å². The summed E-state index contributed by atoms with van der Waals surface area (Å²) in [6.45, 7) is 0. The molecule has 0 aliphatic carbocycles. The molecule has 0 amide bonds. The Kier molecular flexibility index (Phi) is 6.76. The molecule has 0 saturated heterocycles. The maximum Gasteiger partial charge on any atom is 0.136 e. The van der Waals surface area contributed by atoms with E-state index in [1.54, 1.807) is 0 Å². The zero-order valence-corrected chi connectivity index (χ0v) is 29.5. The molecule has 0 aliphatic heterocycles. The summed E-state index contributed by atoms with van der Waals surface area (Å²) in [5.41, 5.74) is 10.0. The number of nitrogens with zero attached hydrogens (tertiary/aromatic N) is 1. The molecule has 53 heavy (non-hydrogen) atoms. The highest BCUT2D eigenvalue weighted by Gasteiger charge is 2.17. The van der Waals surface area contributed by atoms with Crippen LogP contribution in [0.25, 0.3) is 85.9 Å². The Hall–Kier alpha value is -6.68. The molecule has 9 aromatic carbocycles. The van der Waals surface area contributed by atoms with Crippen LogP contribution in [0.2, 0.25) is 0 Å². The van der Waals surface area contributed by atoms with E-state index in [2.05, 4.69) is 181 Å². The Balaban J connectivity index is 1.01. The lowest BCUT2D eigenvalue weighted by Gasteiger charge is -2.26. The molecular formula is C50H31NOS. The zero-order valence-electron chi connectivity index (χ0n) is 28.7. The molecule has 0 spiro atoms. The van der Waals surface area contributed by atoms with Crippen LogP contribution in [0.15, 0.2) is 192 Å². The monoisotopic (exact) mass is 693 g/mol. The Labute approximate surface area is 310 Å². The first-order chi connectivity index (χ1) is 26.2. The van der Waals surface area contributed by atoms with Crippen molar-refractivity contribution in [2.24, 2.45) is 0 Å². The van der Waals surface area contributed by atoms with Gasteiger partial charge in [0.2, 0.25) is 0 Å². The minimum Gasteiger partial charge on any atom is -0.456 e. The van der Waals surface area contributed by atoms with Gasteiger partial charge in [-0.3, -0.25) is 0 Å². The smallest absolute Gasteiger partial charge is 0.136 e. The third-order valence-corrected chi connectivity index (χ3v) is 11.8. The minimum absolute atomic E-state index is 0.925. The molecule has 0 saturated carbocycles. The van der Waals surface area contributed by atoms with Crippen molar-refractivity contribution in [1.82, 2.24) is 0 Å². The van der Waals surface area contributed by atoms with Crippen LogP contribution in [-0.2, 0) is 0 Å². The fraction of sp³-hybridized carbons (Fsp3) is 0. The van der Waals surface area contributed by atoms with Crippen molar-refractivity contribution in [2.75, 3.05) is 4.90 Å². The van der Waals surface area contributed by atoms with Gasteiger partial charge in [-0.1, -0.05) is 121 Å². The summed E-state index contributed by atoms with van der Waals surface area (Å²) >= 11 is 1.85. The zero-order chi connectivity index (χ0) is 34.9. The molecule has 0 atom stereocenters. The molecule has 3 heteroatoms. The van der Waals surface area contributed by atoms with E-state index in [4.69, 9.17) is 4.42 Å². The summed E-state index contributed by atoms with van der Waals surface area (Å²) in [7, 11) is 0. The Bertz CT molecular complexity index is 3160. The molecule has 2 aromatic heterocycles. The van der Waals surface area contributed by atoms with E-state index in [1.807, 2.05) is 23.5 Å². The second-order valence-electron chi connectivity index (χ2n) is 13.7. The van der Waals surface area contributed by atoms with Crippen LogP contribution in [0.4, 0.5) is 17.1 Å². The average molecular weight is 694 g/mol. The lowest BCUT2D eigenvalue weighted by Crippen LogP contribution is -2.09. The second-order valence-corrected chi connectivity index (χ2v) is 14.8. The summed E-state index contributed by atoms with van der Waals surface area (Å²) in [5, 5.41) is 9.85. The van der Waals surface area contributed by atoms with E-state index in [1.165, 1.54) is 69.4 Å². The number of para-hydroxylation sites is 1. The lowest BCUT2D eigenvalue weighted by atomic mass is 9.97. The van der Waals surface area contributed by atoms with Gasteiger partial charge in [-0.2, -0.15) is 0 Å². The van der Waals surface area contributed by atoms with E-state index in [9.17, 15) is 0 Å². The first-order valence-corrected chi connectivity index (χ1v) is 18.8. The van der Waals surface area contributed by atoms with Gasteiger partial charge in [0.05, 0.1) is 0 Å². The molecule has 248 valence electrons. The average Bonchev–Trinajstić information content (AvgIpc) is 3.80. The number of hydrogen-bond donors (Lipinski definition) is 0. The van der Waals surface area contributed by atoms with Crippen molar-refractivity contribution in [2.45, 2.75) is 0 Å². The number of anilines is 3. The summed E-state index contributed by atoms with van der Waals surface area (Å²) in [5.74, 6) is 0. The van der Waals surface area contributed by atoms with Gasteiger partial charge in [-0.05, 0) is 111 Å². The van der Waals surface area contributed by atoms with E-state index < -0.39 is 0 Å². The Morgan fingerprint density at radius 2 is 1.02 bits per heavy atom. The van der Waals surface area contributed by atoms with Gasteiger partial charge in [0.25, 0.3) is 0 Å². The SMILES string of the molecule is c1ccc2c(-c3ccc(N(c4ccc(-c5ccc6c(ccc7oc8ccccc8c76)c5)cc4)c4ccc5sc6ccccc6c5c4)cc3)cccc2c1. The van der Waals surface area contributed by atoms with Crippen molar-refractivity contribution >= 4 is 92.1 Å². The Morgan fingerprint density at radius 1 is 0.358 bits per heavy atom. The normalized spacial score (nSPS) is 11.8. The fourth-order valence-corrected chi connectivity index (χ4v) is 9.19. The molecule has 11 rings (SSSR count). The van der Waals surface area contributed by atoms with Crippen LogP contribution in [0.1, 0.15) is 0 Å². The predicted molar refractivity (Wildman–Crippen MR) is 227 cm³/mol. The van der Waals surface area contributed by atoms with Crippen LogP contribution >= 0.6 is 11.3 Å². The molecule has 11 aromatic rings. The molecule has 0 bridgehead atoms. The molecule has 0 N–H and O–H groups in total. The van der Waals surface area contributed by atoms with Crippen LogP contribution in [0.5, 0.6) is 0 Å². The van der Waals surface area contributed by atoms with Crippen LogP contribution in [0.3, 0.4) is 0 Å². The molecule has 0 radical (unpaired) electrons. The lowest BCUT2D eigenvalue weighted by molar-refractivity contribution is 0.669. The van der Waals surface area contributed by atoms with Crippen molar-refractivity contribution in [1.29, 1.82) is 0 Å². The number of rotatable bonds is 5. The molecule has 2 nitrogen and oxygen atoms in total. The summed E-state index contributed by atoms with van der Waals surface area (Å²) in [6, 6.07) is 68.1. The maximum absolute atomic E-state index is 6.17. The predicted octanol–water partition coefficient (Wildman–Crippen LogP) is 15.1. The van der Waals surface area contributed by atoms with Gasteiger partial charge < -0.3 is 9.32 Å². The number of thiophene rings is 1. The highest BCUT2D eigenvalue weighted by Crippen LogP contribution is 2.42. The molecule has 0 aliphatic rings. The van der Waals surface area contributed by atoms with Crippen molar-refractivity contribution < 1.29 is 4.42 Å². The highest BCUT2D eigenvalue weighted by atomic mass is 32.1. The van der Waals surface area contributed by atoms with Crippen molar-refractivity contribution in [3.63, 3.8) is 0 Å². The van der Waals surface area contributed by atoms with Crippen LogP contribution in [-0.4, -0.2) is 0 Å². The maximum atomic E-state index is 6.17. The third-order valence-electron chi connectivity index (χ3n) is 10.7. The largest absolute Gasteiger partial charge is 0.456 e. The van der Waals surface area contributed by atoms with Gasteiger partial charge >= 0.3 is 0 Å². The molecular weight excluding hydrogens is 663 g/mol. The van der Waals surface area contributed by atoms with Gasteiger partial charge in [0.1, 0.15) is 11.2 Å².